The van der Waals surface area contributed by atoms with E-state index in [0.717, 1.165) is 105 Å². The number of rotatable bonds is 23. The summed E-state index contributed by atoms with van der Waals surface area (Å²) in [5, 5.41) is 63.6. The van der Waals surface area contributed by atoms with Crippen molar-refractivity contribution in [1.82, 2.24) is 0 Å². The van der Waals surface area contributed by atoms with Gasteiger partial charge in [0.25, 0.3) is 30.1 Å². The number of hydrogen-bond donors (Lipinski definition) is 9. The van der Waals surface area contributed by atoms with Crippen LogP contribution in [-0.4, -0.2) is 79.8 Å². The van der Waals surface area contributed by atoms with Crippen LogP contribution in [0.5, 0.6) is 23.0 Å². The van der Waals surface area contributed by atoms with Crippen LogP contribution in [0, 0.1) is 5.82 Å². The number of phenolic OH excluding ortho intramolecular Hbond substituents is 3. The van der Waals surface area contributed by atoms with E-state index >= 15 is 0 Å². The lowest BCUT2D eigenvalue weighted by Crippen LogP contribution is -2.15. The fraction of sp³-hybridized carbons (Fsp3) is 0.289. The number of benzene rings is 9. The Labute approximate surface area is 591 Å². The average Bonchev–Trinajstić information content (AvgIpc) is 1.24. The monoisotopic (exact) mass is 1460 g/mol. The number of thioether (sulfide) groups is 3. The van der Waals surface area contributed by atoms with Crippen LogP contribution < -0.4 is 18.9 Å². The Bertz CT molecular complexity index is 4820. The zero-order valence-electron chi connectivity index (χ0n) is 54.9. The van der Waals surface area contributed by atoms with Crippen molar-refractivity contribution in [3.05, 3.63) is 211 Å². The van der Waals surface area contributed by atoms with Crippen LogP contribution in [0.1, 0.15) is 131 Å². The van der Waals surface area contributed by atoms with Gasteiger partial charge in [0.15, 0.2) is 0 Å². The standard InChI is InChI=1S/C27H31NO5S2.C25H26FNO4S2.C24H25NO4S2/c1-3-33-25-14-13-20(15-23(25)19-9-5-4-6-10-19)35(31,32)28-24-16-26(34-17-18(2)29)27(30)22-12-8-7-11-21(22)24;1-16(28)15-32-24-14-23(21-9-5-6-10-22(21)25(24)29)27-33(30,31)20-12-18(11-19(26)13-20)17-7-3-2-4-8-17;1-16(26)15-30-23-14-22(20-11-4-5-12-21(20)24(23)27)25-31(28,29)19-10-6-9-18(13-19)17-7-2-3-8-17/h7-8,11-16,19,28-30H,2-6,9-10,17H2,1H3;5-6,9-14,17,27-29H,1-4,7-8,15H2;4-6,9-14,17,25-27H,1-3,7-8,15H2. The highest BCUT2D eigenvalue weighted by Gasteiger charge is 2.28. The van der Waals surface area contributed by atoms with Crippen LogP contribution in [-0.2, 0) is 30.1 Å². The second-order valence-electron chi connectivity index (χ2n) is 24.9. The molecule has 9 aromatic rings. The van der Waals surface area contributed by atoms with Crippen LogP contribution in [0.4, 0.5) is 21.5 Å². The Balaban J connectivity index is 0.000000161. The average molecular weight is 1460 g/mol. The lowest BCUT2D eigenvalue weighted by atomic mass is 9.84. The largest absolute Gasteiger partial charge is 0.512 e. The van der Waals surface area contributed by atoms with Gasteiger partial charge in [0.1, 0.15) is 28.8 Å². The summed E-state index contributed by atoms with van der Waals surface area (Å²) in [6, 6.07) is 42.0. The number of anilines is 3. The van der Waals surface area contributed by atoms with Crippen molar-refractivity contribution in [1.29, 1.82) is 0 Å². The number of aliphatic hydroxyl groups excluding tert-OH is 3. The molecule has 0 radical (unpaired) electrons. The maximum absolute atomic E-state index is 14.4. The molecule has 0 heterocycles. The molecular formula is C76H82FN3O13S6. The molecule has 0 bridgehead atoms. The first kappa shape index (κ1) is 73.5. The number of phenols is 3. The molecule has 23 heteroatoms. The fourth-order valence-electron chi connectivity index (χ4n) is 13.0. The van der Waals surface area contributed by atoms with E-state index in [0.29, 0.717) is 76.5 Å². The molecule has 0 atom stereocenters. The van der Waals surface area contributed by atoms with E-state index < -0.39 is 35.9 Å². The molecule has 3 fully saturated rings. The molecule has 12 rings (SSSR count). The zero-order valence-corrected chi connectivity index (χ0v) is 59.8. The topological polar surface area (TPSA) is 269 Å². The number of halogens is 1. The summed E-state index contributed by atoms with van der Waals surface area (Å²) in [5.74, 6) is 1.51. The summed E-state index contributed by atoms with van der Waals surface area (Å²) >= 11 is 3.51. The molecule has 0 spiro atoms. The van der Waals surface area contributed by atoms with Crippen LogP contribution >= 0.6 is 35.3 Å². The summed E-state index contributed by atoms with van der Waals surface area (Å²) in [6.45, 7) is 12.8. The van der Waals surface area contributed by atoms with Gasteiger partial charge in [-0.25, -0.2) is 29.6 Å². The minimum atomic E-state index is -4.10. The molecule has 0 unspecified atom stereocenters. The van der Waals surface area contributed by atoms with E-state index in [1.165, 1.54) is 54.9 Å². The van der Waals surface area contributed by atoms with Gasteiger partial charge in [0, 0.05) is 32.3 Å². The maximum atomic E-state index is 14.4. The van der Waals surface area contributed by atoms with E-state index in [1.807, 2.05) is 13.0 Å². The highest BCUT2D eigenvalue weighted by atomic mass is 32.2. The molecule has 0 saturated heterocycles. The third-order valence-corrected chi connectivity index (χ3v) is 25.1. The minimum Gasteiger partial charge on any atom is -0.512 e. The van der Waals surface area contributed by atoms with Crippen molar-refractivity contribution >= 4 is 115 Å². The molecule has 9 aromatic carbocycles. The van der Waals surface area contributed by atoms with Crippen molar-refractivity contribution in [3.63, 3.8) is 0 Å². The molecule has 9 N–H and O–H groups in total. The summed E-state index contributed by atoms with van der Waals surface area (Å²) < 4.78 is 108. The quantitative estimate of drug-likeness (QED) is 0.0164. The molecule has 16 nitrogen and oxygen atoms in total. The first-order valence-corrected chi connectivity index (χ1v) is 40.3. The van der Waals surface area contributed by atoms with Gasteiger partial charge in [-0.15, -0.1) is 35.3 Å². The van der Waals surface area contributed by atoms with Gasteiger partial charge in [-0.1, -0.05) is 156 Å². The van der Waals surface area contributed by atoms with E-state index in [4.69, 9.17) is 4.74 Å². The van der Waals surface area contributed by atoms with Crippen molar-refractivity contribution in [3.8, 4) is 23.0 Å². The first-order chi connectivity index (χ1) is 47.4. The number of sulfonamides is 3. The van der Waals surface area contributed by atoms with Gasteiger partial charge in [-0.05, 0) is 147 Å². The Morgan fingerprint density at radius 1 is 0.434 bits per heavy atom. The highest BCUT2D eigenvalue weighted by Crippen LogP contribution is 2.46. The highest BCUT2D eigenvalue weighted by molar-refractivity contribution is 8.00. The summed E-state index contributed by atoms with van der Waals surface area (Å²) in [5.41, 5.74) is 3.72. The van der Waals surface area contributed by atoms with Crippen molar-refractivity contribution in [2.45, 2.75) is 144 Å². The molecule has 522 valence electrons. The van der Waals surface area contributed by atoms with Crippen LogP contribution in [0.3, 0.4) is 0 Å². The van der Waals surface area contributed by atoms with E-state index in [9.17, 15) is 60.3 Å². The Kier molecular flexibility index (Phi) is 24.4. The first-order valence-electron chi connectivity index (χ1n) is 32.9. The van der Waals surface area contributed by atoms with Gasteiger partial charge >= 0.3 is 0 Å². The molecule has 0 aliphatic heterocycles. The molecule has 3 aliphatic rings. The number of ether oxygens (including phenoxy) is 1. The minimum absolute atomic E-state index is 0.00913. The molecule has 3 aliphatic carbocycles. The summed E-state index contributed by atoms with van der Waals surface area (Å²) in [6.07, 6.45) is 15.2. The Morgan fingerprint density at radius 2 is 0.798 bits per heavy atom. The third kappa shape index (κ3) is 18.4. The predicted molar refractivity (Wildman–Crippen MR) is 400 cm³/mol. The number of aliphatic hydroxyl groups is 3. The van der Waals surface area contributed by atoms with Gasteiger partial charge in [-0.2, -0.15) is 0 Å². The maximum Gasteiger partial charge on any atom is 0.262 e. The fourth-order valence-corrected chi connectivity index (χ4v) is 18.7. The van der Waals surface area contributed by atoms with Gasteiger partial charge in [-0.3, -0.25) is 14.2 Å². The Morgan fingerprint density at radius 3 is 1.21 bits per heavy atom. The zero-order chi connectivity index (χ0) is 70.6. The van der Waals surface area contributed by atoms with Crippen molar-refractivity contribution < 1.29 is 65.0 Å². The van der Waals surface area contributed by atoms with Crippen LogP contribution in [0.2, 0.25) is 0 Å². The second kappa shape index (κ2) is 32.9. The van der Waals surface area contributed by atoms with Gasteiger partial charge < -0.3 is 35.4 Å². The van der Waals surface area contributed by atoms with Crippen molar-refractivity contribution in [2.75, 3.05) is 38.0 Å². The SMILES string of the molecule is C=C(O)CSc1cc(NS(=O)(=O)c2cc(F)cc(C3CCCCC3)c2)c2ccccc2c1O.C=C(O)CSc1cc(NS(=O)(=O)c2ccc(OCC)c(C3CCCCC3)c2)c2ccccc2c1O.C=C(O)CSc1cc(NS(=O)(=O)c2cccc(C3CCCC3)c2)c2ccccc2c1O. The smallest absolute Gasteiger partial charge is 0.262 e. The van der Waals surface area contributed by atoms with Gasteiger partial charge in [0.2, 0.25) is 0 Å². The van der Waals surface area contributed by atoms with Crippen molar-refractivity contribution in [2.24, 2.45) is 0 Å². The van der Waals surface area contributed by atoms with E-state index in [2.05, 4.69) is 33.9 Å². The van der Waals surface area contributed by atoms with E-state index in [1.54, 1.807) is 127 Å². The second-order valence-corrected chi connectivity index (χ2v) is 33.0. The molecule has 3 saturated carbocycles. The molecule has 0 aromatic heterocycles. The lowest BCUT2D eigenvalue weighted by Gasteiger charge is -2.25. The number of aromatic hydroxyl groups is 3. The molecule has 0 amide bonds. The normalized spacial score (nSPS) is 14.8. The summed E-state index contributed by atoms with van der Waals surface area (Å²) in [7, 11) is -11.8. The number of nitrogens with one attached hydrogen (secondary N) is 3. The number of hydrogen-bond acceptors (Lipinski definition) is 16. The molecular weight excluding hydrogens is 1370 g/mol. The molecule has 99 heavy (non-hydrogen) atoms. The lowest BCUT2D eigenvalue weighted by molar-refractivity contribution is 0.328. The van der Waals surface area contributed by atoms with E-state index in [-0.39, 0.29) is 84.0 Å². The van der Waals surface area contributed by atoms with Gasteiger partial charge in [0.05, 0.1) is 87.6 Å². The summed E-state index contributed by atoms with van der Waals surface area (Å²) in [4.78, 5) is 1.59. The number of fused-ring (bicyclic) bond motifs is 3. The van der Waals surface area contributed by atoms with Crippen LogP contribution in [0.15, 0.2) is 218 Å². The Hall–Kier alpha value is -8.19. The third-order valence-electron chi connectivity index (χ3n) is 17.8. The predicted octanol–water partition coefficient (Wildman–Crippen LogP) is 19.8. The van der Waals surface area contributed by atoms with Crippen LogP contribution in [0.25, 0.3) is 32.3 Å².